The third-order valence-electron chi connectivity index (χ3n) is 6.42. The zero-order valence-corrected chi connectivity index (χ0v) is 20.0. The summed E-state index contributed by atoms with van der Waals surface area (Å²) in [6, 6.07) is 16.7. The number of anilines is 1. The molecule has 0 atom stereocenters. The fourth-order valence-corrected chi connectivity index (χ4v) is 4.80. The fraction of sp³-hybridized carbons (Fsp3) is 0.357. The maximum absolute atomic E-state index is 13.4. The molecule has 0 bridgehead atoms. The van der Waals surface area contributed by atoms with Crippen LogP contribution >= 0.6 is 0 Å². The molecule has 1 aromatic heterocycles. The van der Waals surface area contributed by atoms with Crippen molar-refractivity contribution < 1.29 is 4.79 Å². The number of benzene rings is 2. The number of nitrogens with one attached hydrogen (secondary N) is 2. The number of aryl methyl sites for hydroxylation is 2. The van der Waals surface area contributed by atoms with E-state index in [9.17, 15) is 9.59 Å². The van der Waals surface area contributed by atoms with E-state index < -0.39 is 0 Å². The van der Waals surface area contributed by atoms with Crippen molar-refractivity contribution >= 4 is 11.6 Å². The van der Waals surface area contributed by atoms with Gasteiger partial charge < -0.3 is 15.2 Å². The van der Waals surface area contributed by atoms with Crippen LogP contribution in [0.25, 0.3) is 11.1 Å². The zero-order chi connectivity index (χ0) is 23.5. The maximum Gasteiger partial charge on any atom is 0.253 e. The molecule has 0 saturated carbocycles. The van der Waals surface area contributed by atoms with Gasteiger partial charge in [-0.25, -0.2) is 0 Å². The van der Waals surface area contributed by atoms with Gasteiger partial charge in [-0.05, 0) is 74.1 Å². The van der Waals surface area contributed by atoms with Gasteiger partial charge in [0.2, 0.25) is 0 Å². The number of H-pyrrole nitrogens is 1. The molecule has 2 aromatic carbocycles. The van der Waals surface area contributed by atoms with Crippen LogP contribution in [0.2, 0.25) is 0 Å². The number of nitrogens with zero attached hydrogens (tertiary/aromatic N) is 1. The Bertz CT molecular complexity index is 1210. The van der Waals surface area contributed by atoms with Gasteiger partial charge in [-0.15, -0.1) is 0 Å². The lowest BCUT2D eigenvalue weighted by Crippen LogP contribution is -2.29. The second kappa shape index (κ2) is 9.65. The van der Waals surface area contributed by atoms with Crippen LogP contribution in [-0.4, -0.2) is 23.5 Å². The highest BCUT2D eigenvalue weighted by Gasteiger charge is 2.27. The molecule has 1 amide bonds. The van der Waals surface area contributed by atoms with Gasteiger partial charge in [0.1, 0.15) is 0 Å². The van der Waals surface area contributed by atoms with E-state index in [-0.39, 0.29) is 18.0 Å². The minimum atomic E-state index is -0.128. The van der Waals surface area contributed by atoms with Crippen LogP contribution < -0.4 is 15.8 Å². The van der Waals surface area contributed by atoms with Crippen molar-refractivity contribution in [1.29, 1.82) is 0 Å². The van der Waals surface area contributed by atoms with Gasteiger partial charge in [0.25, 0.3) is 11.5 Å². The quantitative estimate of drug-likeness (QED) is 0.540. The van der Waals surface area contributed by atoms with Gasteiger partial charge in [-0.2, -0.15) is 0 Å². The molecule has 5 nitrogen and oxygen atoms in total. The monoisotopic (exact) mass is 443 g/mol. The first-order valence-electron chi connectivity index (χ1n) is 11.9. The number of carbonyl (C=O) groups is 1. The molecule has 0 aliphatic carbocycles. The fourth-order valence-electron chi connectivity index (χ4n) is 4.80. The molecule has 33 heavy (non-hydrogen) atoms. The highest BCUT2D eigenvalue weighted by molar-refractivity contribution is 5.99. The maximum atomic E-state index is 13.4. The molecule has 0 radical (unpaired) electrons. The van der Waals surface area contributed by atoms with Gasteiger partial charge >= 0.3 is 0 Å². The van der Waals surface area contributed by atoms with Crippen LogP contribution in [0.3, 0.4) is 0 Å². The Labute approximate surface area is 195 Å². The molecule has 1 aliphatic heterocycles. The smallest absolute Gasteiger partial charge is 0.253 e. The predicted molar refractivity (Wildman–Crippen MR) is 135 cm³/mol. The Morgan fingerprint density at radius 2 is 1.88 bits per heavy atom. The third-order valence-corrected chi connectivity index (χ3v) is 6.42. The Morgan fingerprint density at radius 1 is 1.12 bits per heavy atom. The molecule has 2 heterocycles. The van der Waals surface area contributed by atoms with Crippen molar-refractivity contribution in [3.8, 4) is 11.1 Å². The Morgan fingerprint density at radius 3 is 2.58 bits per heavy atom. The van der Waals surface area contributed by atoms with Crippen LogP contribution in [0.15, 0.2) is 53.3 Å². The number of amides is 1. The summed E-state index contributed by atoms with van der Waals surface area (Å²) in [5, 5.41) is 3.05. The molecule has 0 saturated heterocycles. The Kier molecular flexibility index (Phi) is 6.68. The molecule has 1 aliphatic rings. The highest BCUT2D eigenvalue weighted by atomic mass is 16.1. The van der Waals surface area contributed by atoms with Crippen molar-refractivity contribution in [2.75, 3.05) is 11.4 Å². The number of aromatic amines is 1. The van der Waals surface area contributed by atoms with E-state index in [1.165, 1.54) is 0 Å². The van der Waals surface area contributed by atoms with E-state index in [0.717, 1.165) is 59.4 Å². The minimum absolute atomic E-state index is 0.118. The largest absolute Gasteiger partial charge is 0.369 e. The molecule has 5 heteroatoms. The first-order chi connectivity index (χ1) is 15.9. The van der Waals surface area contributed by atoms with E-state index in [0.29, 0.717) is 17.2 Å². The van der Waals surface area contributed by atoms with Gasteiger partial charge in [0, 0.05) is 41.6 Å². The van der Waals surface area contributed by atoms with Crippen molar-refractivity contribution in [3.05, 3.63) is 86.8 Å². The number of pyridine rings is 1. The second-order valence-electron chi connectivity index (χ2n) is 9.14. The Balaban J connectivity index is 1.69. The summed E-state index contributed by atoms with van der Waals surface area (Å²) < 4.78 is 0. The van der Waals surface area contributed by atoms with Crippen molar-refractivity contribution in [3.63, 3.8) is 0 Å². The van der Waals surface area contributed by atoms with E-state index in [2.05, 4.69) is 54.2 Å². The standard InChI is InChI=1S/C28H33N3O2/c1-5-9-21-14-19(4)30-28(33)25(21)17-29-27(32)24-15-22(20-10-7-6-8-11-20)16-26-23(24)12-13-31(26)18(2)3/h6-8,10-11,14-16,18H,5,9,12-13,17H2,1-4H3,(H,29,32)(H,30,33). The molecule has 4 rings (SSSR count). The summed E-state index contributed by atoms with van der Waals surface area (Å²) in [7, 11) is 0. The number of fused-ring (bicyclic) bond motifs is 1. The van der Waals surface area contributed by atoms with Crippen LogP contribution in [0.1, 0.15) is 59.9 Å². The SMILES string of the molecule is CCCc1cc(C)[nH]c(=O)c1CNC(=O)c1cc(-c2ccccc2)cc2c1CCN2C(C)C. The first kappa shape index (κ1) is 22.8. The molecule has 0 spiro atoms. The van der Waals surface area contributed by atoms with E-state index >= 15 is 0 Å². The van der Waals surface area contributed by atoms with Crippen LogP contribution in [0.4, 0.5) is 5.69 Å². The van der Waals surface area contributed by atoms with E-state index in [1.54, 1.807) is 0 Å². The summed E-state index contributed by atoms with van der Waals surface area (Å²) in [6.07, 6.45) is 2.61. The lowest BCUT2D eigenvalue weighted by atomic mass is 9.96. The molecule has 0 unspecified atom stereocenters. The van der Waals surface area contributed by atoms with Crippen molar-refractivity contribution in [2.24, 2.45) is 0 Å². The average Bonchev–Trinajstić information content (AvgIpc) is 3.23. The Hall–Kier alpha value is -3.34. The number of hydrogen-bond donors (Lipinski definition) is 2. The number of carbonyl (C=O) groups excluding carboxylic acids is 1. The summed E-state index contributed by atoms with van der Waals surface area (Å²) in [5.74, 6) is -0.128. The normalized spacial score (nSPS) is 12.8. The molecular weight excluding hydrogens is 410 g/mol. The zero-order valence-electron chi connectivity index (χ0n) is 20.0. The first-order valence-corrected chi connectivity index (χ1v) is 11.9. The van der Waals surface area contributed by atoms with Crippen LogP contribution in [0.5, 0.6) is 0 Å². The lowest BCUT2D eigenvalue weighted by molar-refractivity contribution is 0.0950. The van der Waals surface area contributed by atoms with Gasteiger partial charge in [-0.1, -0.05) is 43.7 Å². The number of aromatic nitrogens is 1. The van der Waals surface area contributed by atoms with E-state index in [1.807, 2.05) is 37.3 Å². The third kappa shape index (κ3) is 4.72. The minimum Gasteiger partial charge on any atom is -0.369 e. The number of rotatable bonds is 7. The average molecular weight is 444 g/mol. The van der Waals surface area contributed by atoms with E-state index in [4.69, 9.17) is 0 Å². The summed E-state index contributed by atoms with van der Waals surface area (Å²) in [6.45, 7) is 9.48. The van der Waals surface area contributed by atoms with Gasteiger partial charge in [0.15, 0.2) is 0 Å². The van der Waals surface area contributed by atoms with Crippen LogP contribution in [-0.2, 0) is 19.4 Å². The lowest BCUT2D eigenvalue weighted by Gasteiger charge is -2.25. The molecule has 3 aromatic rings. The van der Waals surface area contributed by atoms with Gasteiger partial charge in [-0.3, -0.25) is 9.59 Å². The second-order valence-corrected chi connectivity index (χ2v) is 9.14. The predicted octanol–water partition coefficient (Wildman–Crippen LogP) is 5.00. The van der Waals surface area contributed by atoms with Gasteiger partial charge in [0.05, 0.1) is 0 Å². The van der Waals surface area contributed by atoms with Crippen LogP contribution in [0, 0.1) is 6.92 Å². The topological polar surface area (TPSA) is 65.2 Å². The van der Waals surface area contributed by atoms with Crippen molar-refractivity contribution in [1.82, 2.24) is 10.3 Å². The molecule has 172 valence electrons. The molecule has 2 N–H and O–H groups in total. The summed E-state index contributed by atoms with van der Waals surface area (Å²) in [4.78, 5) is 31.3. The molecule has 0 fully saturated rings. The van der Waals surface area contributed by atoms with Crippen molar-refractivity contribution in [2.45, 2.75) is 59.5 Å². The molecular formula is C28H33N3O2. The summed E-state index contributed by atoms with van der Waals surface area (Å²) in [5.41, 5.74) is 7.44. The summed E-state index contributed by atoms with van der Waals surface area (Å²) >= 11 is 0. The highest BCUT2D eigenvalue weighted by Crippen LogP contribution is 2.37. The number of hydrogen-bond acceptors (Lipinski definition) is 3.